The van der Waals surface area contributed by atoms with Crippen molar-refractivity contribution >= 4 is 57.5 Å². The number of anilines is 1. The molecule has 1 aliphatic rings. The SMILES string of the molecule is CN(CCI)c1nccc(/C=C2\SC(=O)NC2=O)n1. The average Bonchev–Trinajstić information content (AvgIpc) is 2.68. The predicted molar refractivity (Wildman–Crippen MR) is 83.3 cm³/mol. The van der Waals surface area contributed by atoms with Crippen molar-refractivity contribution in [2.75, 3.05) is 22.9 Å². The second-order valence-electron chi connectivity index (χ2n) is 3.74. The van der Waals surface area contributed by atoms with Crippen LogP contribution in [0.1, 0.15) is 5.69 Å². The molecule has 0 radical (unpaired) electrons. The number of hydrogen-bond donors (Lipinski definition) is 1. The van der Waals surface area contributed by atoms with Gasteiger partial charge in [0.2, 0.25) is 5.95 Å². The highest BCUT2D eigenvalue weighted by Gasteiger charge is 2.25. The van der Waals surface area contributed by atoms with Gasteiger partial charge >= 0.3 is 0 Å². The van der Waals surface area contributed by atoms with E-state index in [0.717, 1.165) is 22.7 Å². The monoisotopic (exact) mass is 390 g/mol. The maximum absolute atomic E-state index is 11.4. The van der Waals surface area contributed by atoms with Crippen molar-refractivity contribution in [2.24, 2.45) is 0 Å². The van der Waals surface area contributed by atoms with Gasteiger partial charge in [-0.2, -0.15) is 0 Å². The maximum Gasteiger partial charge on any atom is 0.290 e. The van der Waals surface area contributed by atoms with Gasteiger partial charge in [-0.25, -0.2) is 9.97 Å². The number of amides is 2. The second-order valence-corrected chi connectivity index (χ2v) is 5.84. The topological polar surface area (TPSA) is 75.2 Å². The van der Waals surface area contributed by atoms with Gasteiger partial charge in [0.25, 0.3) is 11.1 Å². The van der Waals surface area contributed by atoms with Crippen LogP contribution < -0.4 is 10.2 Å². The Kier molecular flexibility index (Phi) is 4.75. The largest absolute Gasteiger partial charge is 0.343 e. The molecule has 1 aromatic rings. The van der Waals surface area contributed by atoms with E-state index in [9.17, 15) is 9.59 Å². The van der Waals surface area contributed by atoms with Crippen LogP contribution in [-0.2, 0) is 4.79 Å². The molecule has 0 saturated carbocycles. The fourth-order valence-corrected chi connectivity index (χ4v) is 2.80. The van der Waals surface area contributed by atoms with E-state index in [0.29, 0.717) is 16.5 Å². The highest BCUT2D eigenvalue weighted by molar-refractivity contribution is 14.1. The number of halogens is 1. The number of alkyl halides is 1. The van der Waals surface area contributed by atoms with Crippen LogP contribution >= 0.6 is 34.4 Å². The van der Waals surface area contributed by atoms with Gasteiger partial charge in [0.15, 0.2) is 0 Å². The molecular formula is C11H11IN4O2S. The van der Waals surface area contributed by atoms with Gasteiger partial charge in [-0.3, -0.25) is 14.9 Å². The van der Waals surface area contributed by atoms with Crippen molar-refractivity contribution in [3.05, 3.63) is 22.9 Å². The smallest absolute Gasteiger partial charge is 0.290 e. The van der Waals surface area contributed by atoms with Crippen molar-refractivity contribution in [1.82, 2.24) is 15.3 Å². The van der Waals surface area contributed by atoms with Crippen LogP contribution in [0.4, 0.5) is 10.7 Å². The molecule has 1 aromatic heterocycles. The van der Waals surface area contributed by atoms with Crippen molar-refractivity contribution in [1.29, 1.82) is 0 Å². The molecule has 2 heterocycles. The van der Waals surface area contributed by atoms with E-state index in [-0.39, 0.29) is 11.1 Å². The average molecular weight is 390 g/mol. The third-order valence-corrected chi connectivity index (χ3v) is 3.64. The number of thioether (sulfide) groups is 1. The van der Waals surface area contributed by atoms with E-state index in [2.05, 4.69) is 37.9 Å². The van der Waals surface area contributed by atoms with Gasteiger partial charge in [-0.1, -0.05) is 22.6 Å². The lowest BCUT2D eigenvalue weighted by Crippen LogP contribution is -2.22. The molecule has 100 valence electrons. The molecule has 0 bridgehead atoms. The van der Waals surface area contributed by atoms with Crippen molar-refractivity contribution in [3.63, 3.8) is 0 Å². The summed E-state index contributed by atoms with van der Waals surface area (Å²) in [5.41, 5.74) is 0.609. The fourth-order valence-electron chi connectivity index (χ4n) is 1.41. The lowest BCUT2D eigenvalue weighted by molar-refractivity contribution is -0.115. The molecule has 0 spiro atoms. The summed E-state index contributed by atoms with van der Waals surface area (Å²) in [7, 11) is 1.91. The van der Waals surface area contributed by atoms with Crippen molar-refractivity contribution in [2.45, 2.75) is 0 Å². The van der Waals surface area contributed by atoms with Crippen LogP contribution in [0, 0.1) is 0 Å². The molecule has 0 aliphatic carbocycles. The first kappa shape index (κ1) is 14.3. The zero-order valence-corrected chi connectivity index (χ0v) is 13.1. The van der Waals surface area contributed by atoms with Gasteiger partial charge in [0, 0.05) is 24.2 Å². The van der Waals surface area contributed by atoms with Crippen molar-refractivity contribution < 1.29 is 9.59 Å². The minimum absolute atomic E-state index is 0.353. The molecule has 2 rings (SSSR count). The Morgan fingerprint density at radius 3 is 2.95 bits per heavy atom. The summed E-state index contributed by atoms with van der Waals surface area (Å²) < 4.78 is 0.968. The Hall–Kier alpha value is -1.16. The van der Waals surface area contributed by atoms with Crippen LogP contribution in [0.5, 0.6) is 0 Å². The Morgan fingerprint density at radius 2 is 2.32 bits per heavy atom. The molecule has 1 saturated heterocycles. The van der Waals surface area contributed by atoms with Crippen LogP contribution in [0.2, 0.25) is 0 Å². The molecule has 6 nitrogen and oxygen atoms in total. The molecule has 0 atom stereocenters. The highest BCUT2D eigenvalue weighted by atomic mass is 127. The summed E-state index contributed by atoms with van der Waals surface area (Å²) in [6, 6.07) is 1.70. The predicted octanol–water partition coefficient (Wildman–Crippen LogP) is 1.67. The summed E-state index contributed by atoms with van der Waals surface area (Å²) in [6.45, 7) is 0.842. The van der Waals surface area contributed by atoms with Crippen molar-refractivity contribution in [3.8, 4) is 0 Å². The number of aromatic nitrogens is 2. The first-order valence-electron chi connectivity index (χ1n) is 5.45. The zero-order valence-electron chi connectivity index (χ0n) is 10.1. The number of carbonyl (C=O) groups excluding carboxylic acids is 2. The molecule has 2 amide bonds. The Bertz CT molecular complexity index is 549. The Labute approximate surface area is 128 Å². The lowest BCUT2D eigenvalue weighted by atomic mass is 10.3. The summed E-state index contributed by atoms with van der Waals surface area (Å²) >= 11 is 3.16. The van der Waals surface area contributed by atoms with E-state index in [4.69, 9.17) is 0 Å². The molecule has 19 heavy (non-hydrogen) atoms. The van der Waals surface area contributed by atoms with E-state index in [1.807, 2.05) is 11.9 Å². The van der Waals surface area contributed by atoms with Gasteiger partial charge < -0.3 is 4.90 Å². The van der Waals surface area contributed by atoms with E-state index < -0.39 is 0 Å². The molecule has 0 unspecified atom stereocenters. The number of carbonyl (C=O) groups is 2. The molecule has 1 N–H and O–H groups in total. The van der Waals surface area contributed by atoms with Crippen LogP contribution in [0.25, 0.3) is 6.08 Å². The number of hydrogen-bond acceptors (Lipinski definition) is 6. The zero-order chi connectivity index (χ0) is 13.8. The second kappa shape index (κ2) is 6.33. The minimum Gasteiger partial charge on any atom is -0.343 e. The number of rotatable bonds is 4. The van der Waals surface area contributed by atoms with Gasteiger partial charge in [-0.15, -0.1) is 0 Å². The summed E-state index contributed by atoms with van der Waals surface area (Å²) in [5.74, 6) is 0.219. The molecule has 8 heteroatoms. The maximum atomic E-state index is 11.4. The molecule has 1 fully saturated rings. The summed E-state index contributed by atoms with van der Waals surface area (Å²) in [4.78, 5) is 33.3. The third-order valence-electron chi connectivity index (χ3n) is 2.35. The lowest BCUT2D eigenvalue weighted by Gasteiger charge is -2.15. The molecule has 1 aliphatic heterocycles. The normalized spacial score (nSPS) is 16.8. The number of nitrogens with one attached hydrogen (secondary N) is 1. The van der Waals surface area contributed by atoms with Gasteiger partial charge in [-0.05, 0) is 23.9 Å². The van der Waals surface area contributed by atoms with E-state index >= 15 is 0 Å². The first-order valence-corrected chi connectivity index (χ1v) is 7.79. The fraction of sp³-hybridized carbons (Fsp3) is 0.273. The quantitative estimate of drug-likeness (QED) is 0.479. The highest BCUT2D eigenvalue weighted by Crippen LogP contribution is 2.25. The minimum atomic E-state index is -0.379. The standard InChI is InChI=1S/C11H11IN4O2S/c1-16(5-3-12)10-13-4-2-7(14-10)6-8-9(17)15-11(18)19-8/h2,4,6H,3,5H2,1H3,(H,15,17,18)/b8-6-. The van der Waals surface area contributed by atoms with Crippen LogP contribution in [-0.4, -0.2) is 39.1 Å². The molecule has 0 aromatic carbocycles. The van der Waals surface area contributed by atoms with Crippen LogP contribution in [0.15, 0.2) is 17.2 Å². The van der Waals surface area contributed by atoms with E-state index in [1.165, 1.54) is 0 Å². The first-order chi connectivity index (χ1) is 9.10. The van der Waals surface area contributed by atoms with E-state index in [1.54, 1.807) is 18.3 Å². The Balaban J connectivity index is 2.22. The number of nitrogens with zero attached hydrogens (tertiary/aromatic N) is 3. The molecular weight excluding hydrogens is 379 g/mol. The Morgan fingerprint density at radius 1 is 1.53 bits per heavy atom. The summed E-state index contributed by atoms with van der Waals surface area (Å²) in [5, 5.41) is 1.85. The third kappa shape index (κ3) is 3.66. The number of imide groups is 1. The van der Waals surface area contributed by atoms with Crippen LogP contribution in [0.3, 0.4) is 0 Å². The summed E-state index contributed by atoms with van der Waals surface area (Å²) in [6.07, 6.45) is 3.23. The van der Waals surface area contributed by atoms with Gasteiger partial charge in [0.1, 0.15) is 0 Å². The van der Waals surface area contributed by atoms with Gasteiger partial charge in [0.05, 0.1) is 10.6 Å².